The molecule has 0 fully saturated rings. The van der Waals surface area contributed by atoms with Crippen molar-refractivity contribution in [1.82, 2.24) is 9.78 Å². The first kappa shape index (κ1) is 15.6. The average molecular weight is 304 g/mol. The summed E-state index contributed by atoms with van der Waals surface area (Å²) in [7, 11) is 1.58. The van der Waals surface area contributed by atoms with Gasteiger partial charge in [0.2, 0.25) is 0 Å². The third kappa shape index (κ3) is 3.29. The van der Waals surface area contributed by atoms with E-state index in [2.05, 4.69) is 10.1 Å². The molecule has 116 valence electrons. The van der Waals surface area contributed by atoms with Crippen LogP contribution >= 0.6 is 0 Å². The van der Waals surface area contributed by atoms with Gasteiger partial charge in [0.1, 0.15) is 0 Å². The second-order valence-electron chi connectivity index (χ2n) is 4.59. The summed E-state index contributed by atoms with van der Waals surface area (Å²) in [6.07, 6.45) is 1.51. The van der Waals surface area contributed by atoms with Crippen LogP contribution in [0.5, 0.6) is 0 Å². The third-order valence-electron chi connectivity index (χ3n) is 3.08. The molecular formula is C14H16N4O4. The van der Waals surface area contributed by atoms with Crippen LogP contribution in [0.15, 0.2) is 34.1 Å². The zero-order valence-electron chi connectivity index (χ0n) is 12.3. The van der Waals surface area contributed by atoms with E-state index in [1.807, 2.05) is 0 Å². The first-order valence-corrected chi connectivity index (χ1v) is 6.60. The van der Waals surface area contributed by atoms with Gasteiger partial charge in [-0.05, 0) is 19.1 Å². The first-order valence-electron chi connectivity index (χ1n) is 6.60. The molecule has 1 aromatic carbocycles. The number of non-ortho nitro benzene ring substituents is 1. The Labute approximate surface area is 126 Å². The molecule has 0 atom stereocenters. The average Bonchev–Trinajstić information content (AvgIpc) is 2.79. The minimum absolute atomic E-state index is 0.0265. The number of benzene rings is 1. The van der Waals surface area contributed by atoms with E-state index in [-0.39, 0.29) is 11.2 Å². The zero-order valence-corrected chi connectivity index (χ0v) is 12.3. The summed E-state index contributed by atoms with van der Waals surface area (Å²) in [6.45, 7) is 2.72. The number of H-pyrrole nitrogens is 1. The van der Waals surface area contributed by atoms with Crippen molar-refractivity contribution in [3.63, 3.8) is 0 Å². The second-order valence-corrected chi connectivity index (χ2v) is 4.59. The van der Waals surface area contributed by atoms with E-state index in [0.29, 0.717) is 30.1 Å². The Morgan fingerprint density at radius 1 is 1.41 bits per heavy atom. The van der Waals surface area contributed by atoms with E-state index in [9.17, 15) is 14.9 Å². The molecule has 8 heteroatoms. The number of aliphatic imine (C=N–C) groups is 1. The van der Waals surface area contributed by atoms with E-state index in [4.69, 9.17) is 4.74 Å². The highest BCUT2D eigenvalue weighted by atomic mass is 16.6. The van der Waals surface area contributed by atoms with Gasteiger partial charge in [-0.1, -0.05) is 0 Å². The number of nitrogens with zero attached hydrogens (tertiary/aromatic N) is 3. The maximum absolute atomic E-state index is 12.3. The molecule has 0 radical (unpaired) electrons. The molecule has 0 aliphatic heterocycles. The number of nitro groups is 1. The normalized spacial score (nSPS) is 11.2. The molecule has 0 saturated carbocycles. The van der Waals surface area contributed by atoms with Crippen LogP contribution in [0.3, 0.4) is 0 Å². The Morgan fingerprint density at radius 2 is 2.09 bits per heavy atom. The molecule has 0 amide bonds. The lowest BCUT2D eigenvalue weighted by molar-refractivity contribution is -0.384. The van der Waals surface area contributed by atoms with E-state index >= 15 is 0 Å². The van der Waals surface area contributed by atoms with Gasteiger partial charge in [0.25, 0.3) is 11.2 Å². The van der Waals surface area contributed by atoms with Crippen molar-refractivity contribution in [3.05, 3.63) is 56.0 Å². The van der Waals surface area contributed by atoms with E-state index in [1.54, 1.807) is 14.0 Å². The predicted octanol–water partition coefficient (Wildman–Crippen LogP) is 1.45. The van der Waals surface area contributed by atoms with Crippen LogP contribution < -0.4 is 5.56 Å². The maximum atomic E-state index is 12.3. The van der Waals surface area contributed by atoms with Gasteiger partial charge in [0.05, 0.1) is 29.3 Å². The minimum atomic E-state index is -0.486. The van der Waals surface area contributed by atoms with E-state index < -0.39 is 4.92 Å². The van der Waals surface area contributed by atoms with Gasteiger partial charge in [0.15, 0.2) is 0 Å². The Hall–Kier alpha value is -2.74. The van der Waals surface area contributed by atoms with Crippen LogP contribution in [0.1, 0.15) is 11.3 Å². The molecule has 8 nitrogen and oxygen atoms in total. The molecule has 1 aromatic heterocycles. The highest BCUT2D eigenvalue weighted by Gasteiger charge is 2.12. The van der Waals surface area contributed by atoms with Crippen molar-refractivity contribution in [2.45, 2.75) is 6.92 Å². The summed E-state index contributed by atoms with van der Waals surface area (Å²) in [5.41, 5.74) is 1.36. The predicted molar refractivity (Wildman–Crippen MR) is 82.1 cm³/mol. The number of rotatable bonds is 6. The monoisotopic (exact) mass is 304 g/mol. The molecule has 0 unspecified atom stereocenters. The number of aromatic amines is 1. The molecule has 0 spiro atoms. The van der Waals surface area contributed by atoms with Crippen LogP contribution in [0.4, 0.5) is 5.69 Å². The molecule has 2 rings (SSSR count). The van der Waals surface area contributed by atoms with E-state index in [1.165, 1.54) is 35.2 Å². The van der Waals surface area contributed by atoms with Gasteiger partial charge in [0, 0.05) is 31.2 Å². The summed E-state index contributed by atoms with van der Waals surface area (Å²) < 4.78 is 6.22. The number of ether oxygens (including phenoxy) is 1. The summed E-state index contributed by atoms with van der Waals surface area (Å²) in [6, 6.07) is 5.73. The Morgan fingerprint density at radius 3 is 2.68 bits per heavy atom. The van der Waals surface area contributed by atoms with Gasteiger partial charge >= 0.3 is 0 Å². The highest BCUT2D eigenvalue weighted by molar-refractivity contribution is 5.80. The van der Waals surface area contributed by atoms with Crippen molar-refractivity contribution < 1.29 is 9.66 Å². The number of aryl methyl sites for hydroxylation is 1. The van der Waals surface area contributed by atoms with Crippen LogP contribution in [0, 0.1) is 17.0 Å². The lowest BCUT2D eigenvalue weighted by Gasteiger charge is -2.00. The topological polar surface area (TPSA) is 103 Å². The standard InChI is InChI=1S/C14H16N4O4/c1-10-13(9-15-7-8-22-2)14(19)17(16-10)11-3-5-12(6-4-11)18(20)21/h3-6,9,16H,7-8H2,1-2H3. The van der Waals surface area contributed by atoms with Crippen molar-refractivity contribution in [1.29, 1.82) is 0 Å². The van der Waals surface area contributed by atoms with Gasteiger partial charge in [-0.25, -0.2) is 4.68 Å². The van der Waals surface area contributed by atoms with Crippen LogP contribution in [0.2, 0.25) is 0 Å². The third-order valence-corrected chi connectivity index (χ3v) is 3.08. The number of methoxy groups -OCH3 is 1. The van der Waals surface area contributed by atoms with Crippen LogP contribution in [0.25, 0.3) is 5.69 Å². The fourth-order valence-corrected chi connectivity index (χ4v) is 1.92. The molecule has 1 N–H and O–H groups in total. The maximum Gasteiger partial charge on any atom is 0.280 e. The molecule has 0 bridgehead atoms. The number of nitrogens with one attached hydrogen (secondary N) is 1. The molecule has 2 aromatic rings. The largest absolute Gasteiger partial charge is 0.383 e. The first-order chi connectivity index (χ1) is 10.5. The number of hydrogen-bond donors (Lipinski definition) is 1. The lowest BCUT2D eigenvalue weighted by atomic mass is 10.2. The van der Waals surface area contributed by atoms with Crippen LogP contribution in [-0.4, -0.2) is 41.2 Å². The summed E-state index contributed by atoms with van der Waals surface area (Å²) in [5, 5.41) is 13.6. The smallest absolute Gasteiger partial charge is 0.280 e. The van der Waals surface area contributed by atoms with Crippen molar-refractivity contribution in [3.8, 4) is 5.69 Å². The lowest BCUT2D eigenvalue weighted by Crippen LogP contribution is -2.17. The summed E-state index contributed by atoms with van der Waals surface area (Å²) >= 11 is 0. The SMILES string of the molecule is COCCN=Cc1c(C)[nH]n(-c2ccc([N+](=O)[O-])cc2)c1=O. The van der Waals surface area contributed by atoms with Gasteiger partial charge in [-0.15, -0.1) is 0 Å². The Balaban J connectivity index is 2.31. The molecule has 22 heavy (non-hydrogen) atoms. The zero-order chi connectivity index (χ0) is 16.1. The van der Waals surface area contributed by atoms with Crippen molar-refractivity contribution >= 4 is 11.9 Å². The number of nitro benzene ring substituents is 1. The molecule has 0 aliphatic carbocycles. The van der Waals surface area contributed by atoms with Gasteiger partial charge in [-0.2, -0.15) is 0 Å². The van der Waals surface area contributed by atoms with E-state index in [0.717, 1.165) is 0 Å². The highest BCUT2D eigenvalue weighted by Crippen LogP contribution is 2.14. The van der Waals surface area contributed by atoms with Crippen molar-refractivity contribution in [2.75, 3.05) is 20.3 Å². The Kier molecular flexibility index (Phi) is 4.84. The minimum Gasteiger partial charge on any atom is -0.383 e. The molecule has 0 saturated heterocycles. The second kappa shape index (κ2) is 6.81. The Bertz CT molecular complexity index is 743. The number of hydrogen-bond acceptors (Lipinski definition) is 5. The molecular weight excluding hydrogens is 288 g/mol. The summed E-state index contributed by atoms with van der Waals surface area (Å²) in [5.74, 6) is 0. The summed E-state index contributed by atoms with van der Waals surface area (Å²) in [4.78, 5) is 26.6. The molecule has 1 heterocycles. The molecule has 0 aliphatic rings. The quantitative estimate of drug-likeness (QED) is 0.377. The van der Waals surface area contributed by atoms with Gasteiger partial charge < -0.3 is 4.74 Å². The number of aromatic nitrogens is 2. The fraction of sp³-hybridized carbons (Fsp3) is 0.286. The van der Waals surface area contributed by atoms with Crippen molar-refractivity contribution in [2.24, 2.45) is 4.99 Å². The fourth-order valence-electron chi connectivity index (χ4n) is 1.92. The van der Waals surface area contributed by atoms with Crippen LogP contribution in [-0.2, 0) is 4.74 Å². The van der Waals surface area contributed by atoms with Gasteiger partial charge in [-0.3, -0.25) is 25.0 Å².